The van der Waals surface area contributed by atoms with E-state index in [0.29, 0.717) is 25.9 Å². The molecule has 0 radical (unpaired) electrons. The molecule has 0 aromatic heterocycles. The molecule has 6 heteroatoms. The third-order valence-electron chi connectivity index (χ3n) is 18.1. The van der Waals surface area contributed by atoms with Crippen LogP contribution in [0.2, 0.25) is 0 Å². The van der Waals surface area contributed by atoms with Crippen LogP contribution in [-0.4, -0.2) is 47.4 Å². The van der Waals surface area contributed by atoms with Gasteiger partial charge in [0.1, 0.15) is 0 Å². The molecule has 0 rings (SSSR count). The summed E-state index contributed by atoms with van der Waals surface area (Å²) < 4.78 is 5.52. The fourth-order valence-corrected chi connectivity index (χ4v) is 12.3. The molecule has 82 heavy (non-hydrogen) atoms. The van der Waals surface area contributed by atoms with Gasteiger partial charge in [0.25, 0.3) is 0 Å². The van der Waals surface area contributed by atoms with Crippen molar-refractivity contribution in [2.75, 3.05) is 13.2 Å². The molecule has 0 saturated heterocycles. The van der Waals surface area contributed by atoms with Crippen LogP contribution in [0.3, 0.4) is 0 Å². The summed E-state index contributed by atoms with van der Waals surface area (Å²) in [7, 11) is 0. The summed E-state index contributed by atoms with van der Waals surface area (Å²) in [4.78, 5) is 24.6. The lowest BCUT2D eigenvalue weighted by atomic mass is 10.0. The number of aliphatic hydroxyl groups is 2. The fourth-order valence-electron chi connectivity index (χ4n) is 12.3. The molecule has 0 aliphatic rings. The lowest BCUT2D eigenvalue weighted by Gasteiger charge is -2.22. The van der Waals surface area contributed by atoms with Gasteiger partial charge in [-0.15, -0.1) is 0 Å². The first-order chi connectivity index (χ1) is 40.5. The first-order valence-electron chi connectivity index (χ1n) is 37.9. The molecule has 0 saturated carbocycles. The van der Waals surface area contributed by atoms with Crippen LogP contribution in [0.15, 0.2) is 12.2 Å². The van der Waals surface area contributed by atoms with E-state index in [2.05, 4.69) is 31.3 Å². The van der Waals surface area contributed by atoms with Gasteiger partial charge in [0.15, 0.2) is 0 Å². The number of hydrogen-bond acceptors (Lipinski definition) is 5. The van der Waals surface area contributed by atoms with Crippen LogP contribution in [0.1, 0.15) is 438 Å². The summed E-state index contributed by atoms with van der Waals surface area (Å²) >= 11 is 0. The molecule has 0 aromatic carbocycles. The fraction of sp³-hybridized carbons (Fsp3) is 0.947. The van der Waals surface area contributed by atoms with Gasteiger partial charge < -0.3 is 20.3 Å². The lowest BCUT2D eigenvalue weighted by molar-refractivity contribution is -0.143. The molecule has 1 amide bonds. The average Bonchev–Trinajstić information content (AvgIpc) is 3.48. The SMILES string of the molecule is CCCCCCCCCCCCCCCCCCCCC(=O)OCCCCCCCCCCCCCC/C=C\CCCCCCCCCCCCCCCCCCC(=O)NC(CO)C(O)CCCCCCCCCCCCCCCCC. The maximum absolute atomic E-state index is 12.5. The number of carbonyl (C=O) groups is 2. The van der Waals surface area contributed by atoms with E-state index in [1.54, 1.807) is 0 Å². The van der Waals surface area contributed by atoms with Crippen LogP contribution in [0.5, 0.6) is 0 Å². The lowest BCUT2D eigenvalue weighted by Crippen LogP contribution is -2.45. The average molecular weight is 1160 g/mol. The normalized spacial score (nSPS) is 12.5. The molecular formula is C76H149NO5. The Hall–Kier alpha value is -1.40. The minimum Gasteiger partial charge on any atom is -0.466 e. The molecule has 3 N–H and O–H groups in total. The van der Waals surface area contributed by atoms with Crippen LogP contribution in [-0.2, 0) is 14.3 Å². The van der Waals surface area contributed by atoms with Gasteiger partial charge in [0.2, 0.25) is 5.91 Å². The number of ether oxygens (including phenoxy) is 1. The summed E-state index contributed by atoms with van der Waals surface area (Å²) in [5.74, 6) is -0.00493. The molecule has 0 aliphatic carbocycles. The summed E-state index contributed by atoms with van der Waals surface area (Å²) in [6, 6.07) is -0.539. The third-order valence-corrected chi connectivity index (χ3v) is 18.1. The van der Waals surface area contributed by atoms with Gasteiger partial charge in [0, 0.05) is 12.8 Å². The first kappa shape index (κ1) is 80.6. The van der Waals surface area contributed by atoms with Crippen LogP contribution < -0.4 is 5.32 Å². The number of aliphatic hydroxyl groups excluding tert-OH is 2. The maximum Gasteiger partial charge on any atom is 0.305 e. The Bertz CT molecular complexity index is 1240. The summed E-state index contributed by atoms with van der Waals surface area (Å²) in [6.07, 6.45) is 90.0. The predicted molar refractivity (Wildman–Crippen MR) is 361 cm³/mol. The summed E-state index contributed by atoms with van der Waals surface area (Å²) in [6.45, 7) is 5.00. The van der Waals surface area contributed by atoms with Gasteiger partial charge in [-0.2, -0.15) is 0 Å². The van der Waals surface area contributed by atoms with Gasteiger partial charge in [-0.05, 0) is 51.4 Å². The zero-order valence-electron chi connectivity index (χ0n) is 56.0. The highest BCUT2D eigenvalue weighted by atomic mass is 16.5. The highest BCUT2D eigenvalue weighted by molar-refractivity contribution is 5.76. The Labute approximate surface area is 514 Å². The molecule has 0 spiro atoms. The number of nitrogens with one attached hydrogen (secondary N) is 1. The molecule has 6 nitrogen and oxygen atoms in total. The molecule has 2 atom stereocenters. The van der Waals surface area contributed by atoms with E-state index in [-0.39, 0.29) is 18.5 Å². The van der Waals surface area contributed by atoms with E-state index in [1.165, 1.54) is 366 Å². The van der Waals surface area contributed by atoms with E-state index in [0.717, 1.165) is 38.5 Å². The number of hydrogen-bond donors (Lipinski definition) is 3. The summed E-state index contributed by atoms with van der Waals surface area (Å²) in [5.41, 5.74) is 0. The van der Waals surface area contributed by atoms with Crippen LogP contribution in [0, 0.1) is 0 Å². The van der Waals surface area contributed by atoms with Crippen molar-refractivity contribution in [2.45, 2.75) is 450 Å². The smallest absolute Gasteiger partial charge is 0.305 e. The van der Waals surface area contributed by atoms with Crippen molar-refractivity contribution in [3.8, 4) is 0 Å². The van der Waals surface area contributed by atoms with Gasteiger partial charge in [-0.25, -0.2) is 0 Å². The predicted octanol–water partition coefficient (Wildman–Crippen LogP) is 24.7. The second kappa shape index (κ2) is 72.1. The van der Waals surface area contributed by atoms with E-state index in [1.807, 2.05) is 0 Å². The number of rotatable bonds is 72. The van der Waals surface area contributed by atoms with Gasteiger partial charge in [-0.1, -0.05) is 386 Å². The highest BCUT2D eigenvalue weighted by Crippen LogP contribution is 2.20. The van der Waals surface area contributed by atoms with E-state index < -0.39 is 12.1 Å². The standard InChI is InChI=1S/C76H149NO5/c1-3-5-7-9-11-13-15-17-19-20-38-42-46-50-54-58-62-66-70-76(81)82-71-67-63-59-55-51-47-43-39-36-34-32-30-28-26-24-22-21-23-25-27-29-31-33-35-37-41-45-49-53-57-61-65-69-75(80)77-73(72-78)74(79)68-64-60-56-52-48-44-40-18-16-14-12-10-8-6-4-2/h24,26,73-74,78-79H,3-23,25,27-72H2,1-2H3,(H,77,80)/b26-24-. The minimum atomic E-state index is -0.662. The summed E-state index contributed by atoms with van der Waals surface area (Å²) in [5, 5.41) is 23.3. The number of allylic oxidation sites excluding steroid dienone is 2. The highest BCUT2D eigenvalue weighted by Gasteiger charge is 2.20. The second-order valence-corrected chi connectivity index (χ2v) is 26.3. The van der Waals surface area contributed by atoms with E-state index in [9.17, 15) is 19.8 Å². The number of carbonyl (C=O) groups excluding carboxylic acids is 2. The molecular weight excluding hydrogens is 1010 g/mol. The largest absolute Gasteiger partial charge is 0.466 e. The monoisotopic (exact) mass is 1160 g/mol. The van der Waals surface area contributed by atoms with Gasteiger partial charge >= 0.3 is 5.97 Å². The van der Waals surface area contributed by atoms with Gasteiger partial charge in [-0.3, -0.25) is 9.59 Å². The molecule has 2 unspecified atom stereocenters. The van der Waals surface area contributed by atoms with Crippen molar-refractivity contribution in [1.29, 1.82) is 0 Å². The zero-order chi connectivity index (χ0) is 59.2. The Morgan fingerprint density at radius 1 is 0.329 bits per heavy atom. The maximum atomic E-state index is 12.5. The minimum absolute atomic E-state index is 0.0238. The Morgan fingerprint density at radius 3 is 0.866 bits per heavy atom. The van der Waals surface area contributed by atoms with Crippen molar-refractivity contribution in [1.82, 2.24) is 5.32 Å². The van der Waals surface area contributed by atoms with E-state index in [4.69, 9.17) is 4.74 Å². The number of amides is 1. The molecule has 0 fully saturated rings. The topological polar surface area (TPSA) is 95.9 Å². The Kier molecular flexibility index (Phi) is 70.8. The molecule has 488 valence electrons. The molecule has 0 heterocycles. The Balaban J connectivity index is 3.32. The quantitative estimate of drug-likeness (QED) is 0.0320. The molecule has 0 bridgehead atoms. The third kappa shape index (κ3) is 67.7. The van der Waals surface area contributed by atoms with Crippen molar-refractivity contribution in [3.63, 3.8) is 0 Å². The first-order valence-corrected chi connectivity index (χ1v) is 37.9. The van der Waals surface area contributed by atoms with Crippen LogP contribution in [0.25, 0.3) is 0 Å². The second-order valence-electron chi connectivity index (χ2n) is 26.3. The van der Waals surface area contributed by atoms with Gasteiger partial charge in [0.05, 0.1) is 25.4 Å². The van der Waals surface area contributed by atoms with Crippen molar-refractivity contribution in [3.05, 3.63) is 12.2 Å². The zero-order valence-corrected chi connectivity index (χ0v) is 56.0. The van der Waals surface area contributed by atoms with Crippen LogP contribution in [0.4, 0.5) is 0 Å². The number of esters is 1. The molecule has 0 aliphatic heterocycles. The van der Waals surface area contributed by atoms with E-state index >= 15 is 0 Å². The number of unbranched alkanes of at least 4 members (excludes halogenated alkanes) is 59. The van der Waals surface area contributed by atoms with Crippen LogP contribution >= 0.6 is 0 Å². The van der Waals surface area contributed by atoms with Crippen molar-refractivity contribution < 1.29 is 24.5 Å². The molecule has 0 aromatic rings. The Morgan fingerprint density at radius 2 is 0.573 bits per heavy atom. The van der Waals surface area contributed by atoms with Crippen molar-refractivity contribution in [2.24, 2.45) is 0 Å². The van der Waals surface area contributed by atoms with Crippen molar-refractivity contribution >= 4 is 11.9 Å².